The molecule has 106 valence electrons. The average molecular weight is 357 g/mol. The fraction of sp³-hybridized carbons (Fsp3) is 0.250. The van der Waals surface area contributed by atoms with Crippen LogP contribution >= 0.6 is 27.5 Å². The Labute approximate surface area is 132 Å². The minimum atomic E-state index is -0.203. The second-order valence-corrected chi connectivity index (χ2v) is 6.11. The molecule has 1 unspecified atom stereocenters. The Balaban J connectivity index is 2.08. The van der Waals surface area contributed by atoms with Crippen LogP contribution in [0.3, 0.4) is 0 Å². The number of nitrogens with one attached hydrogen (secondary N) is 1. The highest BCUT2D eigenvalue weighted by Crippen LogP contribution is 2.18. The topological polar surface area (TPSA) is 12.0 Å². The van der Waals surface area contributed by atoms with Gasteiger partial charge < -0.3 is 5.32 Å². The van der Waals surface area contributed by atoms with E-state index in [2.05, 4.69) is 33.4 Å². The van der Waals surface area contributed by atoms with Crippen LogP contribution in [0.5, 0.6) is 0 Å². The summed E-state index contributed by atoms with van der Waals surface area (Å²) in [6.07, 6.45) is 1.45. The van der Waals surface area contributed by atoms with E-state index in [0.29, 0.717) is 17.0 Å². The molecule has 0 heterocycles. The summed E-state index contributed by atoms with van der Waals surface area (Å²) < 4.78 is 14.8. The van der Waals surface area contributed by atoms with Gasteiger partial charge in [0, 0.05) is 15.5 Å². The van der Waals surface area contributed by atoms with Crippen molar-refractivity contribution in [2.24, 2.45) is 0 Å². The van der Waals surface area contributed by atoms with Crippen LogP contribution in [0.25, 0.3) is 0 Å². The van der Waals surface area contributed by atoms with Gasteiger partial charge >= 0.3 is 0 Å². The number of hydrogen-bond acceptors (Lipinski definition) is 1. The van der Waals surface area contributed by atoms with Crippen LogP contribution in [-0.2, 0) is 12.8 Å². The molecule has 1 atom stereocenters. The van der Waals surface area contributed by atoms with Crippen molar-refractivity contribution in [2.75, 3.05) is 7.05 Å². The fourth-order valence-corrected chi connectivity index (χ4v) is 2.61. The number of benzene rings is 2. The predicted octanol–water partition coefficient (Wildman–Crippen LogP) is 4.61. The molecular formula is C16H16BrClFN. The van der Waals surface area contributed by atoms with Crippen LogP contribution in [-0.4, -0.2) is 13.1 Å². The van der Waals surface area contributed by atoms with E-state index in [9.17, 15) is 4.39 Å². The Morgan fingerprint density at radius 2 is 1.85 bits per heavy atom. The van der Waals surface area contributed by atoms with Gasteiger partial charge in [0.05, 0.1) is 0 Å². The molecule has 0 amide bonds. The molecule has 0 aliphatic carbocycles. The zero-order valence-electron chi connectivity index (χ0n) is 11.2. The Bertz CT molecular complexity index is 571. The predicted molar refractivity (Wildman–Crippen MR) is 85.8 cm³/mol. The summed E-state index contributed by atoms with van der Waals surface area (Å²) in [5.41, 5.74) is 1.86. The largest absolute Gasteiger partial charge is 0.316 e. The van der Waals surface area contributed by atoms with Crippen molar-refractivity contribution in [3.05, 3.63) is 68.9 Å². The summed E-state index contributed by atoms with van der Waals surface area (Å²) in [7, 11) is 1.89. The van der Waals surface area contributed by atoms with Gasteiger partial charge in [-0.3, -0.25) is 0 Å². The molecule has 4 heteroatoms. The summed E-state index contributed by atoms with van der Waals surface area (Å²) in [4.78, 5) is 0. The molecule has 0 saturated carbocycles. The molecule has 0 aliphatic rings. The van der Waals surface area contributed by atoms with Gasteiger partial charge in [0.1, 0.15) is 5.82 Å². The van der Waals surface area contributed by atoms with Gasteiger partial charge in [-0.25, -0.2) is 4.39 Å². The highest BCUT2D eigenvalue weighted by atomic mass is 79.9. The highest BCUT2D eigenvalue weighted by molar-refractivity contribution is 9.10. The van der Waals surface area contributed by atoms with E-state index in [1.54, 1.807) is 12.1 Å². The van der Waals surface area contributed by atoms with Crippen LogP contribution in [0.15, 0.2) is 46.9 Å². The molecule has 2 aromatic carbocycles. The van der Waals surface area contributed by atoms with Gasteiger partial charge in [0.25, 0.3) is 0 Å². The maximum absolute atomic E-state index is 13.8. The van der Waals surface area contributed by atoms with Crippen molar-refractivity contribution < 1.29 is 4.39 Å². The molecule has 0 aromatic heterocycles. The quantitative estimate of drug-likeness (QED) is 0.824. The van der Waals surface area contributed by atoms with Crippen LogP contribution in [0.4, 0.5) is 4.39 Å². The lowest BCUT2D eigenvalue weighted by Crippen LogP contribution is -2.30. The third-order valence-electron chi connectivity index (χ3n) is 3.28. The molecule has 1 nitrogen and oxygen atoms in total. The average Bonchev–Trinajstić information content (AvgIpc) is 2.44. The van der Waals surface area contributed by atoms with E-state index in [1.165, 1.54) is 11.6 Å². The van der Waals surface area contributed by atoms with Crippen molar-refractivity contribution in [3.63, 3.8) is 0 Å². The van der Waals surface area contributed by atoms with E-state index in [1.807, 2.05) is 19.2 Å². The van der Waals surface area contributed by atoms with Crippen molar-refractivity contribution in [3.8, 4) is 0 Å². The Morgan fingerprint density at radius 3 is 2.50 bits per heavy atom. The van der Waals surface area contributed by atoms with Crippen molar-refractivity contribution in [2.45, 2.75) is 18.9 Å². The number of hydrogen-bond donors (Lipinski definition) is 1. The first kappa shape index (κ1) is 15.5. The van der Waals surface area contributed by atoms with Gasteiger partial charge in [-0.2, -0.15) is 0 Å². The standard InChI is InChI=1S/C16H16BrClFN/c1-20-15(8-11-2-4-13(17)5-3-11)10-12-9-14(18)6-7-16(12)19/h2-7,9,15,20H,8,10H2,1H3. The van der Waals surface area contributed by atoms with Crippen molar-refractivity contribution >= 4 is 27.5 Å². The summed E-state index contributed by atoms with van der Waals surface area (Å²) in [5.74, 6) is -0.203. The third-order valence-corrected chi connectivity index (χ3v) is 4.04. The van der Waals surface area contributed by atoms with Crippen molar-refractivity contribution in [1.29, 1.82) is 0 Å². The molecular weight excluding hydrogens is 341 g/mol. The number of rotatable bonds is 5. The summed E-state index contributed by atoms with van der Waals surface area (Å²) in [5, 5.41) is 3.81. The Morgan fingerprint density at radius 1 is 1.15 bits per heavy atom. The monoisotopic (exact) mass is 355 g/mol. The lowest BCUT2D eigenvalue weighted by atomic mass is 9.99. The molecule has 2 rings (SSSR count). The van der Waals surface area contributed by atoms with Gasteiger partial charge in [0.15, 0.2) is 0 Å². The van der Waals surface area contributed by atoms with Crippen LogP contribution < -0.4 is 5.32 Å². The smallest absolute Gasteiger partial charge is 0.126 e. The van der Waals surface area contributed by atoms with E-state index in [0.717, 1.165) is 10.9 Å². The summed E-state index contributed by atoms with van der Waals surface area (Å²) >= 11 is 9.35. The molecule has 0 fully saturated rings. The second-order valence-electron chi connectivity index (χ2n) is 4.76. The van der Waals surface area contributed by atoms with Crippen LogP contribution in [0.2, 0.25) is 5.02 Å². The van der Waals surface area contributed by atoms with Gasteiger partial charge in [-0.15, -0.1) is 0 Å². The second kappa shape index (κ2) is 7.21. The minimum Gasteiger partial charge on any atom is -0.316 e. The molecule has 1 N–H and O–H groups in total. The lowest BCUT2D eigenvalue weighted by Gasteiger charge is -2.17. The molecule has 0 aliphatic heterocycles. The zero-order chi connectivity index (χ0) is 14.5. The van der Waals surface area contributed by atoms with Crippen LogP contribution in [0, 0.1) is 5.82 Å². The normalized spacial score (nSPS) is 12.4. The lowest BCUT2D eigenvalue weighted by molar-refractivity contribution is 0.532. The Kier molecular flexibility index (Phi) is 5.58. The van der Waals surface area contributed by atoms with Gasteiger partial charge in [-0.1, -0.05) is 39.7 Å². The fourth-order valence-electron chi connectivity index (χ4n) is 2.15. The van der Waals surface area contributed by atoms with E-state index >= 15 is 0 Å². The molecule has 0 saturated heterocycles. The maximum atomic E-state index is 13.8. The number of likely N-dealkylation sites (N-methyl/N-ethyl adjacent to an activating group) is 1. The number of halogens is 3. The first-order valence-corrected chi connectivity index (χ1v) is 7.61. The Hall–Kier alpha value is -0.900. The van der Waals surface area contributed by atoms with Crippen molar-refractivity contribution in [1.82, 2.24) is 5.32 Å². The highest BCUT2D eigenvalue weighted by Gasteiger charge is 2.12. The SMILES string of the molecule is CNC(Cc1ccc(Br)cc1)Cc1cc(Cl)ccc1F. The zero-order valence-corrected chi connectivity index (χ0v) is 13.5. The molecule has 20 heavy (non-hydrogen) atoms. The minimum absolute atomic E-state index is 0.171. The molecule has 2 aromatic rings. The first-order chi connectivity index (χ1) is 9.58. The molecule has 0 bridgehead atoms. The van der Waals surface area contributed by atoms with Crippen LogP contribution in [0.1, 0.15) is 11.1 Å². The van der Waals surface area contributed by atoms with E-state index in [-0.39, 0.29) is 11.9 Å². The van der Waals surface area contributed by atoms with E-state index in [4.69, 9.17) is 11.6 Å². The molecule has 0 radical (unpaired) electrons. The van der Waals surface area contributed by atoms with E-state index < -0.39 is 0 Å². The first-order valence-electron chi connectivity index (χ1n) is 6.44. The summed E-state index contributed by atoms with van der Waals surface area (Å²) in [6, 6.07) is 13.0. The van der Waals surface area contributed by atoms with Gasteiger partial charge in [0.2, 0.25) is 0 Å². The molecule has 0 spiro atoms. The third kappa shape index (κ3) is 4.30. The summed E-state index contributed by atoms with van der Waals surface area (Å²) in [6.45, 7) is 0. The van der Waals surface area contributed by atoms with Gasteiger partial charge in [-0.05, 0) is 61.3 Å². The maximum Gasteiger partial charge on any atom is 0.126 e.